The van der Waals surface area contributed by atoms with Gasteiger partial charge in [0, 0.05) is 0 Å². The van der Waals surface area contributed by atoms with Crippen LogP contribution in [0.3, 0.4) is 0 Å². The van der Waals surface area contributed by atoms with E-state index in [1.807, 2.05) is 0 Å². The Balaban J connectivity index is 2.37. The largest absolute Gasteiger partial charge is 0.457 e. The maximum atomic E-state index is 13.2. The molecule has 0 saturated heterocycles. The Hall–Kier alpha value is -2.01. The van der Waals surface area contributed by atoms with E-state index in [2.05, 4.69) is 0 Å². The van der Waals surface area contributed by atoms with Gasteiger partial charge in [0.15, 0.2) is 0 Å². The molecule has 0 unspecified atom stereocenters. The molecule has 0 spiro atoms. The molecular formula is C14H11F2NOS. The summed E-state index contributed by atoms with van der Waals surface area (Å²) in [6, 6.07) is 8.20. The minimum absolute atomic E-state index is 0.0355. The predicted molar refractivity (Wildman–Crippen MR) is 73.5 cm³/mol. The van der Waals surface area contributed by atoms with Crippen molar-refractivity contribution in [2.24, 2.45) is 5.73 Å². The molecule has 0 aliphatic heterocycles. The molecule has 2 N–H and O–H groups in total. The summed E-state index contributed by atoms with van der Waals surface area (Å²) < 4.78 is 31.9. The molecule has 0 radical (unpaired) electrons. The van der Waals surface area contributed by atoms with Crippen LogP contribution < -0.4 is 10.5 Å². The average molecular weight is 279 g/mol. The summed E-state index contributed by atoms with van der Waals surface area (Å²) in [7, 11) is 0. The molecule has 0 atom stereocenters. The van der Waals surface area contributed by atoms with E-state index in [4.69, 9.17) is 22.7 Å². The maximum absolute atomic E-state index is 13.2. The third-order valence-electron chi connectivity index (χ3n) is 2.56. The highest BCUT2D eigenvalue weighted by molar-refractivity contribution is 7.80. The Bertz CT molecular complexity index is 643. The second-order valence-electron chi connectivity index (χ2n) is 4.02. The summed E-state index contributed by atoms with van der Waals surface area (Å²) in [4.78, 5) is 0.0355. The number of ether oxygens (including phenoxy) is 1. The molecule has 19 heavy (non-hydrogen) atoms. The highest BCUT2D eigenvalue weighted by atomic mass is 32.1. The van der Waals surface area contributed by atoms with Crippen LogP contribution >= 0.6 is 12.2 Å². The van der Waals surface area contributed by atoms with Crippen LogP contribution in [0.25, 0.3) is 0 Å². The van der Waals surface area contributed by atoms with Crippen molar-refractivity contribution in [3.8, 4) is 11.5 Å². The number of halogens is 2. The van der Waals surface area contributed by atoms with Gasteiger partial charge in [-0.15, -0.1) is 0 Å². The summed E-state index contributed by atoms with van der Waals surface area (Å²) in [6.07, 6.45) is 0. The molecule has 2 rings (SSSR count). The molecule has 0 bridgehead atoms. The summed E-state index contributed by atoms with van der Waals surface area (Å²) in [5.41, 5.74) is 6.27. The topological polar surface area (TPSA) is 35.2 Å². The molecule has 2 nitrogen and oxygen atoms in total. The third-order valence-corrected chi connectivity index (χ3v) is 2.78. The fourth-order valence-electron chi connectivity index (χ4n) is 1.59. The van der Waals surface area contributed by atoms with E-state index >= 15 is 0 Å². The first-order chi connectivity index (χ1) is 8.97. The number of thiocarbonyl (C=S) groups is 1. The highest BCUT2D eigenvalue weighted by Crippen LogP contribution is 2.27. The summed E-state index contributed by atoms with van der Waals surface area (Å²) in [6.45, 7) is 1.63. The fraction of sp³-hybridized carbons (Fsp3) is 0.0714. The standard InChI is InChI=1S/C14H11F2NOS/c1-8-6-10(3-4-12(8)16)18-13-5-2-9(15)7-11(13)14(17)19/h2-7H,1H3,(H2,17,19). The van der Waals surface area contributed by atoms with Crippen LogP contribution in [0.5, 0.6) is 11.5 Å². The lowest BCUT2D eigenvalue weighted by molar-refractivity contribution is 0.476. The molecule has 0 aliphatic carbocycles. The summed E-state index contributed by atoms with van der Waals surface area (Å²) >= 11 is 4.84. The van der Waals surface area contributed by atoms with Crippen molar-refractivity contribution in [3.05, 3.63) is 59.2 Å². The number of benzene rings is 2. The van der Waals surface area contributed by atoms with E-state index in [9.17, 15) is 8.78 Å². The van der Waals surface area contributed by atoms with Gasteiger partial charge in [0.05, 0.1) is 5.56 Å². The third kappa shape index (κ3) is 3.06. The summed E-state index contributed by atoms with van der Waals surface area (Å²) in [5, 5.41) is 0. The van der Waals surface area contributed by atoms with Crippen molar-refractivity contribution in [1.29, 1.82) is 0 Å². The first kappa shape index (κ1) is 13.4. The van der Waals surface area contributed by atoms with Crippen LogP contribution in [-0.2, 0) is 0 Å². The van der Waals surface area contributed by atoms with E-state index in [0.717, 1.165) is 0 Å². The van der Waals surface area contributed by atoms with Gasteiger partial charge in [-0.3, -0.25) is 0 Å². The van der Waals surface area contributed by atoms with Crippen molar-refractivity contribution in [3.63, 3.8) is 0 Å². The van der Waals surface area contributed by atoms with Crippen molar-refractivity contribution in [1.82, 2.24) is 0 Å². The van der Waals surface area contributed by atoms with E-state index < -0.39 is 5.82 Å². The molecule has 98 valence electrons. The number of hydrogen-bond donors (Lipinski definition) is 1. The van der Waals surface area contributed by atoms with Crippen molar-refractivity contribution >= 4 is 17.2 Å². The van der Waals surface area contributed by atoms with Crippen molar-refractivity contribution in [2.75, 3.05) is 0 Å². The van der Waals surface area contributed by atoms with Gasteiger partial charge in [0.25, 0.3) is 0 Å². The molecule has 0 saturated carbocycles. The minimum atomic E-state index is -0.453. The molecule has 5 heteroatoms. The van der Waals surface area contributed by atoms with Crippen LogP contribution in [0, 0.1) is 18.6 Å². The number of hydrogen-bond acceptors (Lipinski definition) is 2. The zero-order valence-corrected chi connectivity index (χ0v) is 10.9. The van der Waals surface area contributed by atoms with Gasteiger partial charge in [-0.05, 0) is 48.9 Å². The Morgan fingerprint density at radius 2 is 1.89 bits per heavy atom. The van der Waals surface area contributed by atoms with Gasteiger partial charge in [-0.25, -0.2) is 8.78 Å². The van der Waals surface area contributed by atoms with Crippen LogP contribution in [0.1, 0.15) is 11.1 Å². The summed E-state index contributed by atoms with van der Waals surface area (Å²) in [5.74, 6) is -0.00521. The first-order valence-electron chi connectivity index (χ1n) is 5.51. The first-order valence-corrected chi connectivity index (χ1v) is 5.91. The second-order valence-corrected chi connectivity index (χ2v) is 4.46. The van der Waals surface area contributed by atoms with Gasteiger partial charge in [0.1, 0.15) is 28.1 Å². The normalized spacial score (nSPS) is 10.3. The molecular weight excluding hydrogens is 268 g/mol. The van der Waals surface area contributed by atoms with E-state index in [1.54, 1.807) is 13.0 Å². The van der Waals surface area contributed by atoms with E-state index in [-0.39, 0.29) is 10.8 Å². The molecule has 2 aromatic rings. The molecule has 0 amide bonds. The number of aryl methyl sites for hydroxylation is 1. The minimum Gasteiger partial charge on any atom is -0.457 e. The molecule has 2 aromatic carbocycles. The van der Waals surface area contributed by atoms with Gasteiger partial charge in [-0.2, -0.15) is 0 Å². The lowest BCUT2D eigenvalue weighted by Crippen LogP contribution is -2.11. The number of rotatable bonds is 3. The molecule has 0 fully saturated rings. The lowest BCUT2D eigenvalue weighted by Gasteiger charge is -2.11. The molecule has 0 heterocycles. The van der Waals surface area contributed by atoms with E-state index in [0.29, 0.717) is 22.6 Å². The average Bonchev–Trinajstić information content (AvgIpc) is 2.36. The quantitative estimate of drug-likeness (QED) is 0.870. The monoisotopic (exact) mass is 279 g/mol. The Morgan fingerprint density at radius 1 is 1.16 bits per heavy atom. The fourth-order valence-corrected chi connectivity index (χ4v) is 1.75. The lowest BCUT2D eigenvalue weighted by atomic mass is 10.2. The zero-order valence-electron chi connectivity index (χ0n) is 10.1. The zero-order chi connectivity index (χ0) is 14.0. The Kier molecular flexibility index (Phi) is 3.76. The van der Waals surface area contributed by atoms with Gasteiger partial charge in [-0.1, -0.05) is 12.2 Å². The predicted octanol–water partition coefficient (Wildman–Crippen LogP) is 3.70. The van der Waals surface area contributed by atoms with Gasteiger partial charge in [0.2, 0.25) is 0 Å². The second kappa shape index (κ2) is 5.32. The maximum Gasteiger partial charge on any atom is 0.137 e. The van der Waals surface area contributed by atoms with E-state index in [1.165, 1.54) is 30.3 Å². The SMILES string of the molecule is Cc1cc(Oc2ccc(F)cc2C(N)=S)ccc1F. The molecule has 0 aliphatic rings. The van der Waals surface area contributed by atoms with Crippen molar-refractivity contribution < 1.29 is 13.5 Å². The molecule has 0 aromatic heterocycles. The van der Waals surface area contributed by atoms with Crippen molar-refractivity contribution in [2.45, 2.75) is 6.92 Å². The van der Waals surface area contributed by atoms with Crippen LogP contribution in [-0.4, -0.2) is 4.99 Å². The Morgan fingerprint density at radius 3 is 2.53 bits per heavy atom. The van der Waals surface area contributed by atoms with Crippen LogP contribution in [0.4, 0.5) is 8.78 Å². The van der Waals surface area contributed by atoms with Gasteiger partial charge >= 0.3 is 0 Å². The highest BCUT2D eigenvalue weighted by Gasteiger charge is 2.10. The Labute approximate surface area is 114 Å². The van der Waals surface area contributed by atoms with Gasteiger partial charge < -0.3 is 10.5 Å². The number of nitrogens with two attached hydrogens (primary N) is 1. The van der Waals surface area contributed by atoms with Crippen LogP contribution in [0.15, 0.2) is 36.4 Å². The smallest absolute Gasteiger partial charge is 0.137 e. The van der Waals surface area contributed by atoms with Crippen LogP contribution in [0.2, 0.25) is 0 Å².